The number of amides is 1. The molecular weight excluding hydrogens is 293 g/mol. The third-order valence-electron chi connectivity index (χ3n) is 2.81. The van der Waals surface area contributed by atoms with E-state index in [9.17, 15) is 9.18 Å². The first-order valence-electron chi connectivity index (χ1n) is 6.56. The van der Waals surface area contributed by atoms with E-state index < -0.39 is 5.82 Å². The van der Waals surface area contributed by atoms with Crippen molar-refractivity contribution in [1.82, 2.24) is 4.98 Å². The van der Waals surface area contributed by atoms with Crippen molar-refractivity contribution in [3.8, 4) is 0 Å². The summed E-state index contributed by atoms with van der Waals surface area (Å²) >= 11 is 5.61. The van der Waals surface area contributed by atoms with Gasteiger partial charge < -0.3 is 10.6 Å². The lowest BCUT2D eigenvalue weighted by atomic mass is 10.2. The molecule has 110 valence electrons. The van der Waals surface area contributed by atoms with Crippen LogP contribution in [0.3, 0.4) is 0 Å². The van der Waals surface area contributed by atoms with Gasteiger partial charge in [0.1, 0.15) is 5.82 Å². The predicted molar refractivity (Wildman–Crippen MR) is 82.4 cm³/mol. The summed E-state index contributed by atoms with van der Waals surface area (Å²) in [5.41, 5.74) is 1.44. The minimum absolute atomic E-state index is 0.0159. The number of carbonyl (C=O) groups excluding carboxylic acids is 1. The number of benzene rings is 1. The molecule has 0 aliphatic rings. The summed E-state index contributed by atoms with van der Waals surface area (Å²) in [7, 11) is 0. The summed E-state index contributed by atoms with van der Waals surface area (Å²) in [6, 6.07) is 5.74. The van der Waals surface area contributed by atoms with Gasteiger partial charge in [0.05, 0.1) is 22.5 Å². The summed E-state index contributed by atoms with van der Waals surface area (Å²) < 4.78 is 13.4. The van der Waals surface area contributed by atoms with Crippen molar-refractivity contribution < 1.29 is 9.18 Å². The third kappa shape index (κ3) is 3.92. The monoisotopic (exact) mass is 307 g/mol. The average Bonchev–Trinajstić information content (AvgIpc) is 2.49. The summed E-state index contributed by atoms with van der Waals surface area (Å²) in [6.07, 6.45) is 4.06. The maximum atomic E-state index is 13.4. The molecule has 0 aliphatic heterocycles. The first-order chi connectivity index (χ1) is 10.1. The van der Waals surface area contributed by atoms with Crippen molar-refractivity contribution in [1.29, 1.82) is 0 Å². The molecule has 2 aromatic rings. The van der Waals surface area contributed by atoms with Crippen LogP contribution in [-0.4, -0.2) is 17.4 Å². The van der Waals surface area contributed by atoms with Crippen LogP contribution in [0.5, 0.6) is 0 Å². The number of nitrogens with zero attached hydrogens (tertiary/aromatic N) is 1. The van der Waals surface area contributed by atoms with E-state index in [-0.39, 0.29) is 10.9 Å². The Morgan fingerprint density at radius 1 is 1.38 bits per heavy atom. The second-order valence-corrected chi connectivity index (χ2v) is 4.84. The molecular formula is C15H15ClFN3O. The summed E-state index contributed by atoms with van der Waals surface area (Å²) in [6.45, 7) is 2.77. The third-order valence-corrected chi connectivity index (χ3v) is 3.12. The summed E-state index contributed by atoms with van der Waals surface area (Å²) in [5, 5.41) is 5.79. The molecule has 2 N–H and O–H groups in total. The molecule has 0 radical (unpaired) electrons. The Kier molecular flexibility index (Phi) is 5.11. The number of hydrogen-bond donors (Lipinski definition) is 2. The Labute approximate surface area is 127 Å². The quantitative estimate of drug-likeness (QED) is 0.879. The van der Waals surface area contributed by atoms with Crippen LogP contribution < -0.4 is 10.6 Å². The molecule has 4 nitrogen and oxygen atoms in total. The van der Waals surface area contributed by atoms with Gasteiger partial charge in [-0.2, -0.15) is 0 Å². The van der Waals surface area contributed by atoms with Crippen molar-refractivity contribution in [3.63, 3.8) is 0 Å². The number of rotatable bonds is 5. The molecule has 0 fully saturated rings. The number of pyridine rings is 1. The minimum Gasteiger partial charge on any atom is -0.383 e. The van der Waals surface area contributed by atoms with Gasteiger partial charge >= 0.3 is 0 Å². The molecule has 0 aliphatic carbocycles. The molecule has 0 bridgehead atoms. The SMILES string of the molecule is CCCNc1cnccc1C(=O)Nc1ccc(Cl)c(F)c1. The van der Waals surface area contributed by atoms with E-state index >= 15 is 0 Å². The van der Waals surface area contributed by atoms with E-state index in [1.807, 2.05) is 6.92 Å². The summed E-state index contributed by atoms with van der Waals surface area (Å²) in [4.78, 5) is 16.3. The lowest BCUT2D eigenvalue weighted by Crippen LogP contribution is -2.15. The smallest absolute Gasteiger partial charge is 0.257 e. The zero-order valence-corrected chi connectivity index (χ0v) is 12.2. The van der Waals surface area contributed by atoms with Gasteiger partial charge in [-0.3, -0.25) is 9.78 Å². The standard InChI is InChI=1S/C15H15ClFN3O/c1-2-6-19-14-9-18-7-5-11(14)15(21)20-10-3-4-12(16)13(17)8-10/h3-5,7-9,19H,2,6H2,1H3,(H,20,21). The maximum Gasteiger partial charge on any atom is 0.257 e. The number of hydrogen-bond acceptors (Lipinski definition) is 3. The maximum absolute atomic E-state index is 13.4. The second kappa shape index (κ2) is 7.04. The average molecular weight is 308 g/mol. The van der Waals surface area contributed by atoms with Gasteiger partial charge in [-0.15, -0.1) is 0 Å². The van der Waals surface area contributed by atoms with E-state index in [0.29, 0.717) is 16.9 Å². The molecule has 1 aromatic heterocycles. The predicted octanol–water partition coefficient (Wildman–Crippen LogP) is 3.95. The van der Waals surface area contributed by atoms with Gasteiger partial charge in [-0.05, 0) is 30.7 Å². The van der Waals surface area contributed by atoms with Crippen LogP contribution in [-0.2, 0) is 0 Å². The van der Waals surface area contributed by atoms with Crippen LogP contribution in [0.15, 0.2) is 36.7 Å². The highest BCUT2D eigenvalue weighted by atomic mass is 35.5. The molecule has 6 heteroatoms. The highest BCUT2D eigenvalue weighted by molar-refractivity contribution is 6.30. The van der Waals surface area contributed by atoms with E-state index in [4.69, 9.17) is 11.6 Å². The Morgan fingerprint density at radius 2 is 2.19 bits per heavy atom. The number of anilines is 2. The molecule has 2 rings (SSSR count). The van der Waals surface area contributed by atoms with Gasteiger partial charge in [0.25, 0.3) is 5.91 Å². The van der Waals surface area contributed by atoms with Crippen molar-refractivity contribution in [2.75, 3.05) is 17.2 Å². The largest absolute Gasteiger partial charge is 0.383 e. The van der Waals surface area contributed by atoms with Crippen LogP contribution in [0.2, 0.25) is 5.02 Å². The van der Waals surface area contributed by atoms with E-state index in [0.717, 1.165) is 13.0 Å². The van der Waals surface area contributed by atoms with E-state index in [1.165, 1.54) is 18.3 Å². The van der Waals surface area contributed by atoms with Gasteiger partial charge in [0.15, 0.2) is 0 Å². The number of halogens is 2. The molecule has 1 aromatic carbocycles. The Bertz CT molecular complexity index is 649. The Balaban J connectivity index is 2.18. The minimum atomic E-state index is -0.575. The van der Waals surface area contributed by atoms with Gasteiger partial charge in [-0.25, -0.2) is 4.39 Å². The zero-order chi connectivity index (χ0) is 15.2. The van der Waals surface area contributed by atoms with Crippen LogP contribution in [0, 0.1) is 5.82 Å². The van der Waals surface area contributed by atoms with Crippen LogP contribution in [0.4, 0.5) is 15.8 Å². The Morgan fingerprint density at radius 3 is 2.90 bits per heavy atom. The molecule has 21 heavy (non-hydrogen) atoms. The van der Waals surface area contributed by atoms with E-state index in [1.54, 1.807) is 18.3 Å². The fraction of sp³-hybridized carbons (Fsp3) is 0.200. The number of carbonyl (C=O) groups is 1. The molecule has 0 saturated heterocycles. The summed E-state index contributed by atoms with van der Waals surface area (Å²) in [5.74, 6) is -0.911. The van der Waals surface area contributed by atoms with Crippen molar-refractivity contribution >= 4 is 28.9 Å². The number of aromatic nitrogens is 1. The second-order valence-electron chi connectivity index (χ2n) is 4.43. The van der Waals surface area contributed by atoms with Crippen LogP contribution in [0.1, 0.15) is 23.7 Å². The molecule has 0 unspecified atom stereocenters. The lowest BCUT2D eigenvalue weighted by molar-refractivity contribution is 0.102. The van der Waals surface area contributed by atoms with Gasteiger partial charge in [-0.1, -0.05) is 18.5 Å². The van der Waals surface area contributed by atoms with Gasteiger partial charge in [0.2, 0.25) is 0 Å². The molecule has 1 heterocycles. The first-order valence-corrected chi connectivity index (χ1v) is 6.94. The molecule has 1 amide bonds. The van der Waals surface area contributed by atoms with Crippen LogP contribution in [0.25, 0.3) is 0 Å². The normalized spacial score (nSPS) is 10.2. The first kappa shape index (κ1) is 15.3. The van der Waals surface area contributed by atoms with Gasteiger partial charge in [0, 0.05) is 18.4 Å². The van der Waals surface area contributed by atoms with Crippen LogP contribution >= 0.6 is 11.6 Å². The van der Waals surface area contributed by atoms with E-state index in [2.05, 4.69) is 15.6 Å². The molecule has 0 spiro atoms. The zero-order valence-electron chi connectivity index (χ0n) is 11.5. The highest BCUT2D eigenvalue weighted by Gasteiger charge is 2.12. The fourth-order valence-corrected chi connectivity index (χ4v) is 1.88. The lowest BCUT2D eigenvalue weighted by Gasteiger charge is -2.11. The number of nitrogens with one attached hydrogen (secondary N) is 2. The fourth-order valence-electron chi connectivity index (χ4n) is 1.77. The Hall–Kier alpha value is -2.14. The topological polar surface area (TPSA) is 54.0 Å². The molecule has 0 atom stereocenters. The van der Waals surface area contributed by atoms with Crippen molar-refractivity contribution in [2.24, 2.45) is 0 Å². The van der Waals surface area contributed by atoms with Crippen molar-refractivity contribution in [2.45, 2.75) is 13.3 Å². The highest BCUT2D eigenvalue weighted by Crippen LogP contribution is 2.20. The molecule has 0 saturated carbocycles. The van der Waals surface area contributed by atoms with Crippen molar-refractivity contribution in [3.05, 3.63) is 53.1 Å².